The van der Waals surface area contributed by atoms with Gasteiger partial charge in [-0.25, -0.2) is 4.39 Å². The third-order valence-corrected chi connectivity index (χ3v) is 3.09. The van der Waals surface area contributed by atoms with E-state index in [1.807, 2.05) is 0 Å². The highest BCUT2D eigenvalue weighted by Crippen LogP contribution is 2.36. The van der Waals surface area contributed by atoms with Crippen molar-refractivity contribution in [3.05, 3.63) is 0 Å². The van der Waals surface area contributed by atoms with Crippen LogP contribution in [0.4, 0.5) is 4.39 Å². The number of carbonyl (C=O) groups excluding carboxylic acids is 4. The molecule has 8 nitrogen and oxygen atoms in total. The monoisotopic (exact) mass is 468 g/mol. The first kappa shape index (κ1) is 21.8. The number of hydrogen-bond acceptors (Lipinski definition) is 8. The van der Waals surface area contributed by atoms with Crippen LogP contribution in [0.3, 0.4) is 0 Å². The number of hydrogen-bond donors (Lipinski definition) is 0. The molecule has 0 fully saturated rings. The molecule has 0 aliphatic carbocycles. The summed E-state index contributed by atoms with van der Waals surface area (Å²) in [4.78, 5) is 43.9. The Morgan fingerprint density at radius 2 is 1.70 bits per heavy atom. The van der Waals surface area contributed by atoms with E-state index >= 15 is 0 Å². The second-order valence-electron chi connectivity index (χ2n) is 4.22. The summed E-state index contributed by atoms with van der Waals surface area (Å²) in [6, 6.07) is 0. The molecule has 0 amide bonds. The SMILES string of the molecule is CC(=O)OC[C@@H](OC=O)[C@@H](OC(C)=O)[C@H](OC(C)=O)C(F)(Cl)I. The number of rotatable bonds is 9. The molecule has 0 aromatic rings. The lowest BCUT2D eigenvalue weighted by atomic mass is 10.1. The summed E-state index contributed by atoms with van der Waals surface area (Å²) in [5.74, 6) is -2.52. The van der Waals surface area contributed by atoms with Gasteiger partial charge in [0.1, 0.15) is 6.61 Å². The summed E-state index contributed by atoms with van der Waals surface area (Å²) in [5, 5.41) is 0. The highest BCUT2D eigenvalue weighted by atomic mass is 127. The van der Waals surface area contributed by atoms with E-state index in [0.29, 0.717) is 0 Å². The topological polar surface area (TPSA) is 105 Å². The van der Waals surface area contributed by atoms with Crippen LogP contribution in [0.5, 0.6) is 0 Å². The average molecular weight is 469 g/mol. The van der Waals surface area contributed by atoms with Crippen LogP contribution in [-0.4, -0.2) is 52.4 Å². The molecule has 4 atom stereocenters. The zero-order valence-corrected chi connectivity index (χ0v) is 15.3. The van der Waals surface area contributed by atoms with Gasteiger partial charge in [0.15, 0.2) is 18.3 Å². The summed E-state index contributed by atoms with van der Waals surface area (Å²) >= 11 is 6.64. The van der Waals surface area contributed by atoms with Crippen LogP contribution in [0.1, 0.15) is 20.8 Å². The lowest BCUT2D eigenvalue weighted by Gasteiger charge is -2.33. The Morgan fingerprint density at radius 3 is 2.04 bits per heavy atom. The van der Waals surface area contributed by atoms with Crippen LogP contribution in [0.2, 0.25) is 0 Å². The third-order valence-electron chi connectivity index (χ3n) is 2.26. The Bertz CT molecular complexity index is 453. The Balaban J connectivity index is 5.60. The quantitative estimate of drug-likeness (QED) is 0.164. The number of carbonyl (C=O) groups is 4. The van der Waals surface area contributed by atoms with Gasteiger partial charge in [-0.2, -0.15) is 0 Å². The van der Waals surface area contributed by atoms with Crippen LogP contribution in [-0.2, 0) is 38.1 Å². The smallest absolute Gasteiger partial charge is 0.303 e. The van der Waals surface area contributed by atoms with Crippen molar-refractivity contribution in [2.75, 3.05) is 6.61 Å². The number of alkyl halides is 3. The van der Waals surface area contributed by atoms with Gasteiger partial charge in [-0.15, -0.1) is 0 Å². The summed E-state index contributed by atoms with van der Waals surface area (Å²) < 4.78 is 30.4. The average Bonchev–Trinajstić information content (AvgIpc) is 2.36. The molecular formula is C12H15ClFIO8. The van der Waals surface area contributed by atoms with Crippen molar-refractivity contribution in [3.63, 3.8) is 0 Å². The van der Waals surface area contributed by atoms with Crippen molar-refractivity contribution in [1.29, 1.82) is 0 Å². The molecule has 11 heteroatoms. The molecule has 0 saturated carbocycles. The maximum absolute atomic E-state index is 14.1. The Kier molecular flexibility index (Phi) is 9.35. The lowest BCUT2D eigenvalue weighted by molar-refractivity contribution is -0.188. The number of ether oxygens (including phenoxy) is 4. The van der Waals surface area contributed by atoms with Crippen molar-refractivity contribution in [3.8, 4) is 0 Å². The zero-order valence-electron chi connectivity index (χ0n) is 12.4. The number of halogens is 3. The highest BCUT2D eigenvalue weighted by molar-refractivity contribution is 14.1. The van der Waals surface area contributed by atoms with Gasteiger partial charge in [-0.3, -0.25) is 19.2 Å². The lowest BCUT2D eigenvalue weighted by Crippen LogP contribution is -2.52. The Morgan fingerprint density at radius 1 is 1.17 bits per heavy atom. The van der Waals surface area contributed by atoms with Gasteiger partial charge in [0, 0.05) is 20.8 Å². The second kappa shape index (κ2) is 9.85. The first-order chi connectivity index (χ1) is 10.5. The van der Waals surface area contributed by atoms with Gasteiger partial charge in [-0.1, -0.05) is 11.6 Å². The maximum atomic E-state index is 14.1. The van der Waals surface area contributed by atoms with Crippen molar-refractivity contribution in [1.82, 2.24) is 0 Å². The largest absolute Gasteiger partial charge is 0.462 e. The number of esters is 3. The molecule has 23 heavy (non-hydrogen) atoms. The maximum Gasteiger partial charge on any atom is 0.303 e. The predicted molar refractivity (Wildman–Crippen MR) is 82.4 cm³/mol. The van der Waals surface area contributed by atoms with E-state index in [2.05, 4.69) is 9.47 Å². The summed E-state index contributed by atoms with van der Waals surface area (Å²) in [6.45, 7) is 2.49. The Labute approximate surface area is 150 Å². The van der Waals surface area contributed by atoms with Gasteiger partial charge in [-0.05, 0) is 22.6 Å². The third kappa shape index (κ3) is 8.89. The minimum Gasteiger partial charge on any atom is -0.462 e. The van der Waals surface area contributed by atoms with Gasteiger partial charge in [0.2, 0.25) is 0 Å². The van der Waals surface area contributed by atoms with E-state index in [4.69, 9.17) is 21.1 Å². The molecule has 0 saturated heterocycles. The molecule has 132 valence electrons. The minimum absolute atomic E-state index is 0.0170. The molecular weight excluding hydrogens is 453 g/mol. The molecule has 0 aliphatic heterocycles. The van der Waals surface area contributed by atoms with Gasteiger partial charge in [0.25, 0.3) is 9.61 Å². The minimum atomic E-state index is -2.69. The first-order valence-electron chi connectivity index (χ1n) is 6.12. The van der Waals surface area contributed by atoms with E-state index < -0.39 is 46.0 Å². The molecule has 0 spiro atoms. The summed E-state index contributed by atoms with van der Waals surface area (Å²) in [5.41, 5.74) is 0. The standard InChI is InChI=1S/C12H15ClFIO8/c1-6(17)20-4-9(21-5-16)10(22-7(2)18)11(12(13,14)15)23-8(3)19/h5,9-11H,4H2,1-3H3/t9-,10-,11+,12?/m1/s1. The fourth-order valence-electron chi connectivity index (χ4n) is 1.51. The highest BCUT2D eigenvalue weighted by Gasteiger charge is 2.49. The van der Waals surface area contributed by atoms with Crippen molar-refractivity contribution < 1.29 is 42.5 Å². The van der Waals surface area contributed by atoms with Crippen LogP contribution in [0.15, 0.2) is 0 Å². The van der Waals surface area contributed by atoms with Crippen LogP contribution >= 0.6 is 34.2 Å². The van der Waals surface area contributed by atoms with Crippen LogP contribution in [0.25, 0.3) is 0 Å². The molecule has 0 N–H and O–H groups in total. The van der Waals surface area contributed by atoms with E-state index in [-0.39, 0.29) is 6.47 Å². The molecule has 0 aliphatic rings. The van der Waals surface area contributed by atoms with E-state index in [1.165, 1.54) is 0 Å². The fraction of sp³-hybridized carbons (Fsp3) is 0.667. The molecule has 0 aromatic heterocycles. The Hall–Kier alpha value is -1.17. The molecule has 0 bridgehead atoms. The predicted octanol–water partition coefficient (Wildman–Crippen LogP) is 1.25. The second-order valence-corrected chi connectivity index (χ2v) is 6.98. The first-order valence-corrected chi connectivity index (χ1v) is 7.58. The van der Waals surface area contributed by atoms with E-state index in [1.54, 1.807) is 0 Å². The van der Waals surface area contributed by atoms with E-state index in [9.17, 15) is 23.6 Å². The van der Waals surface area contributed by atoms with E-state index in [0.717, 1.165) is 43.4 Å². The summed E-state index contributed by atoms with van der Waals surface area (Å²) in [7, 11) is 0. The van der Waals surface area contributed by atoms with Crippen LogP contribution in [0, 0.1) is 0 Å². The van der Waals surface area contributed by atoms with Crippen molar-refractivity contribution in [2.45, 2.75) is 42.2 Å². The molecule has 0 aromatic carbocycles. The molecule has 0 rings (SSSR count). The van der Waals surface area contributed by atoms with Gasteiger partial charge in [0.05, 0.1) is 0 Å². The van der Waals surface area contributed by atoms with Gasteiger partial charge >= 0.3 is 17.9 Å². The van der Waals surface area contributed by atoms with Crippen molar-refractivity contribution in [2.24, 2.45) is 0 Å². The normalized spacial score (nSPS) is 17.0. The summed E-state index contributed by atoms with van der Waals surface area (Å²) in [6.07, 6.45) is -4.90. The molecule has 1 unspecified atom stereocenters. The fourth-order valence-corrected chi connectivity index (χ4v) is 2.16. The zero-order chi connectivity index (χ0) is 18.2. The van der Waals surface area contributed by atoms with Crippen LogP contribution < -0.4 is 0 Å². The molecule has 0 heterocycles. The molecule has 0 radical (unpaired) electrons. The van der Waals surface area contributed by atoms with Gasteiger partial charge < -0.3 is 18.9 Å². The van der Waals surface area contributed by atoms with Crippen molar-refractivity contribution >= 4 is 58.6 Å².